The summed E-state index contributed by atoms with van der Waals surface area (Å²) in [5.74, 6) is 1.79. The Balaban J connectivity index is 2.28. The third-order valence-electron chi connectivity index (χ3n) is 2.78. The van der Waals surface area contributed by atoms with Crippen molar-refractivity contribution in [2.45, 2.75) is 18.8 Å². The second kappa shape index (κ2) is 5.45. The molecule has 0 radical (unpaired) electrons. The van der Waals surface area contributed by atoms with Crippen molar-refractivity contribution in [2.75, 3.05) is 28.7 Å². The molecule has 0 bridgehead atoms. The molecule has 1 unspecified atom stereocenters. The van der Waals surface area contributed by atoms with Crippen molar-refractivity contribution < 1.29 is 12.8 Å². The summed E-state index contributed by atoms with van der Waals surface area (Å²) in [6.07, 6.45) is 0. The molecule has 2 N–H and O–H groups in total. The molecule has 0 aliphatic carbocycles. The first kappa shape index (κ1) is 13.6. The van der Waals surface area contributed by atoms with Crippen molar-refractivity contribution in [3.63, 3.8) is 0 Å². The zero-order chi connectivity index (χ0) is 13.2. The summed E-state index contributed by atoms with van der Waals surface area (Å²) in [5.41, 5.74) is 5.40. The van der Waals surface area contributed by atoms with Gasteiger partial charge >= 0.3 is 6.01 Å². The molecule has 1 aromatic rings. The SMILES string of the molecule is CCS(=O)(=O)C1CSCCN1c1nnc(CN)o1. The Morgan fingerprint density at radius 2 is 2.33 bits per heavy atom. The monoisotopic (exact) mass is 292 g/mol. The standard InChI is InChI=1S/C9H16N4O3S2/c1-2-18(14,15)8-6-17-4-3-13(8)9-12-11-7(5-10)16-9/h8H,2-6,10H2,1H3. The number of aromatic nitrogens is 2. The number of hydrogen-bond donors (Lipinski definition) is 1. The molecule has 1 aromatic heterocycles. The van der Waals surface area contributed by atoms with E-state index in [4.69, 9.17) is 10.2 Å². The van der Waals surface area contributed by atoms with Gasteiger partial charge in [-0.3, -0.25) is 0 Å². The van der Waals surface area contributed by atoms with Crippen LogP contribution in [0.2, 0.25) is 0 Å². The van der Waals surface area contributed by atoms with Gasteiger partial charge in [0.15, 0.2) is 9.84 Å². The first-order valence-corrected chi connectivity index (χ1v) is 8.54. The van der Waals surface area contributed by atoms with Crippen molar-refractivity contribution in [1.82, 2.24) is 10.2 Å². The highest BCUT2D eigenvalue weighted by molar-refractivity contribution is 8.01. The maximum absolute atomic E-state index is 12.0. The fourth-order valence-corrected chi connectivity index (χ4v) is 4.69. The van der Waals surface area contributed by atoms with E-state index in [9.17, 15) is 8.42 Å². The van der Waals surface area contributed by atoms with E-state index >= 15 is 0 Å². The number of rotatable bonds is 4. The summed E-state index contributed by atoms with van der Waals surface area (Å²) >= 11 is 1.62. The Morgan fingerprint density at radius 1 is 1.56 bits per heavy atom. The maximum Gasteiger partial charge on any atom is 0.319 e. The molecule has 1 saturated heterocycles. The van der Waals surface area contributed by atoms with Gasteiger partial charge in [0.05, 0.1) is 6.54 Å². The van der Waals surface area contributed by atoms with Crippen LogP contribution in [0.1, 0.15) is 12.8 Å². The topological polar surface area (TPSA) is 102 Å². The number of anilines is 1. The van der Waals surface area contributed by atoms with Crippen LogP contribution in [0.3, 0.4) is 0 Å². The van der Waals surface area contributed by atoms with Gasteiger partial charge in [0.25, 0.3) is 0 Å². The summed E-state index contributed by atoms with van der Waals surface area (Å²) in [5, 5.41) is 7.04. The molecule has 2 rings (SSSR count). The molecule has 1 aliphatic heterocycles. The lowest BCUT2D eigenvalue weighted by atomic mass is 10.5. The Labute approximate surface area is 110 Å². The highest BCUT2D eigenvalue weighted by atomic mass is 32.2. The van der Waals surface area contributed by atoms with Crippen LogP contribution in [-0.4, -0.2) is 47.8 Å². The van der Waals surface area contributed by atoms with Crippen molar-refractivity contribution in [2.24, 2.45) is 5.73 Å². The zero-order valence-electron chi connectivity index (χ0n) is 10.1. The predicted molar refractivity (Wildman–Crippen MR) is 70.1 cm³/mol. The highest BCUT2D eigenvalue weighted by Crippen LogP contribution is 2.26. The smallest absolute Gasteiger partial charge is 0.319 e. The molecule has 18 heavy (non-hydrogen) atoms. The van der Waals surface area contributed by atoms with Crippen molar-refractivity contribution in [3.05, 3.63) is 5.89 Å². The Bertz CT molecular complexity index is 502. The molecule has 9 heteroatoms. The van der Waals surface area contributed by atoms with Crippen molar-refractivity contribution in [1.29, 1.82) is 0 Å². The number of sulfone groups is 1. The largest absolute Gasteiger partial charge is 0.407 e. The van der Waals surface area contributed by atoms with Gasteiger partial charge in [0.2, 0.25) is 5.89 Å². The van der Waals surface area contributed by atoms with E-state index in [0.717, 1.165) is 5.75 Å². The van der Waals surface area contributed by atoms with Crippen LogP contribution in [0, 0.1) is 0 Å². The van der Waals surface area contributed by atoms with Crippen LogP contribution in [-0.2, 0) is 16.4 Å². The number of thioether (sulfide) groups is 1. The third-order valence-corrected chi connectivity index (χ3v) is 6.07. The van der Waals surface area contributed by atoms with E-state index in [1.165, 1.54) is 0 Å². The normalized spacial score (nSPS) is 21.2. The molecule has 102 valence electrons. The van der Waals surface area contributed by atoms with Gasteiger partial charge < -0.3 is 15.1 Å². The maximum atomic E-state index is 12.0. The second-order valence-corrected chi connectivity index (χ2v) is 7.45. The van der Waals surface area contributed by atoms with Crippen LogP contribution in [0.15, 0.2) is 4.42 Å². The summed E-state index contributed by atoms with van der Waals surface area (Å²) in [4.78, 5) is 1.67. The average Bonchev–Trinajstić information content (AvgIpc) is 2.87. The van der Waals surface area contributed by atoms with Gasteiger partial charge in [-0.25, -0.2) is 8.42 Å². The lowest BCUT2D eigenvalue weighted by Gasteiger charge is -2.32. The minimum atomic E-state index is -3.17. The first-order valence-electron chi connectivity index (χ1n) is 5.67. The molecule has 0 amide bonds. The predicted octanol–water partition coefficient (Wildman–Crippen LogP) is -0.158. The van der Waals surface area contributed by atoms with E-state index in [2.05, 4.69) is 10.2 Å². The van der Waals surface area contributed by atoms with Gasteiger partial charge in [0, 0.05) is 23.8 Å². The van der Waals surface area contributed by atoms with E-state index in [1.54, 1.807) is 23.6 Å². The lowest BCUT2D eigenvalue weighted by Crippen LogP contribution is -2.48. The second-order valence-electron chi connectivity index (χ2n) is 3.86. The van der Waals surface area contributed by atoms with Gasteiger partial charge in [-0.1, -0.05) is 12.0 Å². The average molecular weight is 292 g/mol. The molecule has 1 fully saturated rings. The van der Waals surface area contributed by atoms with Crippen molar-refractivity contribution >= 4 is 27.6 Å². The summed E-state index contributed by atoms with van der Waals surface area (Å²) in [6, 6.07) is 0.248. The summed E-state index contributed by atoms with van der Waals surface area (Å²) in [6.45, 7) is 2.38. The molecule has 1 aliphatic rings. The minimum absolute atomic E-state index is 0.104. The third kappa shape index (κ3) is 2.62. The van der Waals surface area contributed by atoms with Crippen LogP contribution in [0.4, 0.5) is 6.01 Å². The number of nitrogens with zero attached hydrogens (tertiary/aromatic N) is 3. The van der Waals surface area contributed by atoms with Crippen molar-refractivity contribution in [3.8, 4) is 0 Å². The molecule has 0 saturated carbocycles. The van der Waals surface area contributed by atoms with Crippen LogP contribution >= 0.6 is 11.8 Å². The molecule has 1 atom stereocenters. The highest BCUT2D eigenvalue weighted by Gasteiger charge is 2.35. The van der Waals surface area contributed by atoms with E-state index in [-0.39, 0.29) is 18.3 Å². The molecule has 0 spiro atoms. The number of hydrogen-bond acceptors (Lipinski definition) is 8. The van der Waals surface area contributed by atoms with Crippen LogP contribution in [0.5, 0.6) is 0 Å². The Morgan fingerprint density at radius 3 is 2.94 bits per heavy atom. The fourth-order valence-electron chi connectivity index (χ4n) is 1.73. The van der Waals surface area contributed by atoms with E-state index < -0.39 is 15.2 Å². The summed E-state index contributed by atoms with van der Waals surface area (Å²) in [7, 11) is -3.17. The first-order chi connectivity index (χ1) is 8.58. The Hall–Kier alpha value is -0.800. The zero-order valence-corrected chi connectivity index (χ0v) is 11.7. The van der Waals surface area contributed by atoms with E-state index in [0.29, 0.717) is 18.2 Å². The van der Waals surface area contributed by atoms with Crippen LogP contribution in [0.25, 0.3) is 0 Å². The lowest BCUT2D eigenvalue weighted by molar-refractivity contribution is 0.480. The Kier molecular flexibility index (Phi) is 4.13. The van der Waals surface area contributed by atoms with Gasteiger partial charge in [-0.05, 0) is 0 Å². The minimum Gasteiger partial charge on any atom is -0.407 e. The fraction of sp³-hybridized carbons (Fsp3) is 0.778. The van der Waals surface area contributed by atoms with Gasteiger partial charge in [-0.2, -0.15) is 11.8 Å². The molecular weight excluding hydrogens is 276 g/mol. The van der Waals surface area contributed by atoms with Gasteiger partial charge in [0.1, 0.15) is 5.37 Å². The molecular formula is C9H16N4O3S2. The quantitative estimate of drug-likeness (QED) is 0.817. The molecule has 7 nitrogen and oxygen atoms in total. The molecule has 2 heterocycles. The summed E-state index contributed by atoms with van der Waals surface area (Å²) < 4.78 is 29.4. The van der Waals surface area contributed by atoms with Crippen LogP contribution < -0.4 is 10.6 Å². The van der Waals surface area contributed by atoms with E-state index in [1.807, 2.05) is 0 Å². The number of nitrogens with two attached hydrogens (primary N) is 1. The van der Waals surface area contributed by atoms with Gasteiger partial charge in [-0.15, -0.1) is 5.10 Å². The molecule has 0 aromatic carbocycles.